The maximum absolute atomic E-state index is 13.3. The molecule has 2 nitrogen and oxygen atoms in total. The average Bonchev–Trinajstić information content (AvgIpc) is 2.18. The van der Waals surface area contributed by atoms with E-state index in [-0.39, 0.29) is 17.0 Å². The Morgan fingerprint density at radius 3 is 2.67 bits per heavy atom. The van der Waals surface area contributed by atoms with Crippen molar-refractivity contribution in [2.24, 2.45) is 5.92 Å². The Kier molecular flexibility index (Phi) is 3.63. The Hall–Kier alpha value is -1.16. The molecule has 0 heterocycles. The first kappa shape index (κ1) is 11.9. The second-order valence-corrected chi connectivity index (χ2v) is 3.67. The third-order valence-electron chi connectivity index (χ3n) is 2.07. The Balaban J connectivity index is 3.03. The molecule has 82 valence electrons. The van der Waals surface area contributed by atoms with Gasteiger partial charge in [-0.25, -0.2) is 8.78 Å². The normalized spacial score (nSPS) is 12.5. The number of carbonyl (C=O) groups is 1. The topological polar surface area (TPSA) is 37.3 Å². The van der Waals surface area contributed by atoms with E-state index in [4.69, 9.17) is 16.7 Å². The molecule has 1 rings (SSSR count). The first-order valence-corrected chi connectivity index (χ1v) is 4.66. The summed E-state index contributed by atoms with van der Waals surface area (Å²) in [5.41, 5.74) is -0.280. The fourth-order valence-corrected chi connectivity index (χ4v) is 1.33. The van der Waals surface area contributed by atoms with Gasteiger partial charge in [-0.15, -0.1) is 0 Å². The fraction of sp³-hybridized carbons (Fsp3) is 0.300. The van der Waals surface area contributed by atoms with Gasteiger partial charge < -0.3 is 5.11 Å². The number of hydrogen-bond acceptors (Lipinski definition) is 1. The van der Waals surface area contributed by atoms with Gasteiger partial charge in [0.05, 0.1) is 10.9 Å². The summed E-state index contributed by atoms with van der Waals surface area (Å²) in [6.45, 7) is 1.38. The molecule has 0 amide bonds. The quantitative estimate of drug-likeness (QED) is 0.817. The number of benzene rings is 1. The zero-order valence-electron chi connectivity index (χ0n) is 7.93. The maximum Gasteiger partial charge on any atom is 0.306 e. The van der Waals surface area contributed by atoms with Gasteiger partial charge in [-0.05, 0) is 18.6 Å². The lowest BCUT2D eigenvalue weighted by Crippen LogP contribution is -2.14. The van der Waals surface area contributed by atoms with E-state index in [1.54, 1.807) is 0 Å². The van der Waals surface area contributed by atoms with E-state index >= 15 is 0 Å². The van der Waals surface area contributed by atoms with Crippen LogP contribution < -0.4 is 0 Å². The molecule has 0 aliphatic rings. The highest BCUT2D eigenvalue weighted by Gasteiger charge is 2.19. The lowest BCUT2D eigenvalue weighted by molar-refractivity contribution is -0.141. The first-order valence-electron chi connectivity index (χ1n) is 4.28. The molecule has 0 bridgehead atoms. The van der Waals surface area contributed by atoms with E-state index in [1.165, 1.54) is 6.92 Å². The molecule has 0 aromatic heterocycles. The average molecular weight is 235 g/mol. The number of aliphatic carboxylic acids is 1. The Morgan fingerprint density at radius 2 is 2.13 bits per heavy atom. The van der Waals surface area contributed by atoms with Crippen LogP contribution in [-0.2, 0) is 11.2 Å². The molecule has 0 radical (unpaired) electrons. The van der Waals surface area contributed by atoms with Crippen LogP contribution >= 0.6 is 11.6 Å². The second kappa shape index (κ2) is 4.57. The second-order valence-electron chi connectivity index (χ2n) is 3.27. The van der Waals surface area contributed by atoms with Crippen LogP contribution in [0.2, 0.25) is 5.02 Å². The molecule has 0 aliphatic heterocycles. The van der Waals surface area contributed by atoms with Crippen molar-refractivity contribution in [1.29, 1.82) is 0 Å². The number of hydrogen-bond donors (Lipinski definition) is 1. The summed E-state index contributed by atoms with van der Waals surface area (Å²) in [6.07, 6.45) is -0.215. The largest absolute Gasteiger partial charge is 0.481 e. The van der Waals surface area contributed by atoms with Crippen LogP contribution in [0.15, 0.2) is 12.1 Å². The summed E-state index contributed by atoms with van der Waals surface area (Å²) >= 11 is 5.46. The van der Waals surface area contributed by atoms with Crippen LogP contribution in [0.25, 0.3) is 0 Å². The van der Waals surface area contributed by atoms with Crippen molar-refractivity contribution in [3.05, 3.63) is 34.4 Å². The number of halogens is 3. The van der Waals surface area contributed by atoms with Gasteiger partial charge in [-0.2, -0.15) is 0 Å². The zero-order valence-corrected chi connectivity index (χ0v) is 8.68. The third kappa shape index (κ3) is 2.65. The van der Waals surface area contributed by atoms with Crippen molar-refractivity contribution in [3.8, 4) is 0 Å². The van der Waals surface area contributed by atoms with E-state index in [9.17, 15) is 13.6 Å². The van der Waals surface area contributed by atoms with Gasteiger partial charge in [0.1, 0.15) is 11.6 Å². The van der Waals surface area contributed by atoms with Gasteiger partial charge in [0, 0.05) is 5.56 Å². The molecule has 1 aromatic rings. The lowest BCUT2D eigenvalue weighted by atomic mass is 10.0. The van der Waals surface area contributed by atoms with Gasteiger partial charge in [-0.1, -0.05) is 18.5 Å². The third-order valence-corrected chi connectivity index (χ3v) is 2.36. The Labute approximate surface area is 90.5 Å². The summed E-state index contributed by atoms with van der Waals surface area (Å²) in [7, 11) is 0. The van der Waals surface area contributed by atoms with Crippen LogP contribution in [0.5, 0.6) is 0 Å². The maximum atomic E-state index is 13.3. The van der Waals surface area contributed by atoms with Crippen LogP contribution in [0.3, 0.4) is 0 Å². The molecule has 1 unspecified atom stereocenters. The number of carboxylic acid groups (broad SMARTS) is 1. The highest BCUT2D eigenvalue weighted by atomic mass is 35.5. The standard InChI is InChI=1S/C10H9ClF2O2/c1-5(10(14)15)4-6-8(12)3-2-7(11)9(6)13/h2-3,5H,4H2,1H3,(H,14,15). The van der Waals surface area contributed by atoms with Gasteiger partial charge in [0.15, 0.2) is 0 Å². The van der Waals surface area contributed by atoms with Crippen molar-refractivity contribution in [2.45, 2.75) is 13.3 Å². The van der Waals surface area contributed by atoms with Crippen LogP contribution in [0.4, 0.5) is 8.78 Å². The zero-order chi connectivity index (χ0) is 11.6. The minimum atomic E-state index is -1.10. The minimum absolute atomic E-state index is 0.205. The molecule has 0 saturated heterocycles. The van der Waals surface area contributed by atoms with Gasteiger partial charge in [0.2, 0.25) is 0 Å². The molecule has 1 atom stereocenters. The highest BCUT2D eigenvalue weighted by Crippen LogP contribution is 2.23. The number of carboxylic acids is 1. The van der Waals surface area contributed by atoms with E-state index in [0.717, 1.165) is 12.1 Å². The summed E-state index contributed by atoms with van der Waals surface area (Å²) in [6, 6.07) is 2.12. The minimum Gasteiger partial charge on any atom is -0.481 e. The van der Waals surface area contributed by atoms with Crippen molar-refractivity contribution in [3.63, 3.8) is 0 Å². The Morgan fingerprint density at radius 1 is 1.53 bits per heavy atom. The molecule has 0 saturated carbocycles. The molecule has 0 spiro atoms. The van der Waals surface area contributed by atoms with E-state index in [2.05, 4.69) is 0 Å². The molecule has 15 heavy (non-hydrogen) atoms. The van der Waals surface area contributed by atoms with Crippen molar-refractivity contribution >= 4 is 17.6 Å². The van der Waals surface area contributed by atoms with E-state index in [1.807, 2.05) is 0 Å². The number of rotatable bonds is 3. The Bertz CT molecular complexity index is 393. The smallest absolute Gasteiger partial charge is 0.306 e. The molecule has 1 aromatic carbocycles. The van der Waals surface area contributed by atoms with Crippen molar-refractivity contribution < 1.29 is 18.7 Å². The molecule has 0 aliphatic carbocycles. The molecule has 0 fully saturated rings. The summed E-state index contributed by atoms with van der Waals surface area (Å²) < 4.78 is 26.5. The molecular formula is C10H9ClF2O2. The molecular weight excluding hydrogens is 226 g/mol. The van der Waals surface area contributed by atoms with Crippen LogP contribution in [-0.4, -0.2) is 11.1 Å². The van der Waals surface area contributed by atoms with Crippen molar-refractivity contribution in [2.75, 3.05) is 0 Å². The summed E-state index contributed by atoms with van der Waals surface area (Å²) in [5.74, 6) is -3.61. The summed E-state index contributed by atoms with van der Waals surface area (Å²) in [4.78, 5) is 10.5. The molecule has 1 N–H and O–H groups in total. The fourth-order valence-electron chi connectivity index (χ4n) is 1.15. The predicted molar refractivity (Wildman–Crippen MR) is 51.9 cm³/mol. The van der Waals surface area contributed by atoms with Gasteiger partial charge in [-0.3, -0.25) is 4.79 Å². The molecule has 5 heteroatoms. The van der Waals surface area contributed by atoms with Crippen LogP contribution in [0.1, 0.15) is 12.5 Å². The predicted octanol–water partition coefficient (Wildman–Crippen LogP) is 2.88. The van der Waals surface area contributed by atoms with Gasteiger partial charge >= 0.3 is 5.97 Å². The van der Waals surface area contributed by atoms with E-state index < -0.39 is 23.5 Å². The SMILES string of the molecule is CC(Cc1c(F)ccc(Cl)c1F)C(=O)O. The first-order chi connectivity index (χ1) is 6.93. The lowest BCUT2D eigenvalue weighted by Gasteiger charge is -2.09. The van der Waals surface area contributed by atoms with Crippen molar-refractivity contribution in [1.82, 2.24) is 0 Å². The van der Waals surface area contributed by atoms with Gasteiger partial charge in [0.25, 0.3) is 0 Å². The highest BCUT2D eigenvalue weighted by molar-refractivity contribution is 6.30. The monoisotopic (exact) mass is 234 g/mol. The van der Waals surface area contributed by atoms with E-state index in [0.29, 0.717) is 0 Å². The summed E-state index contributed by atoms with van der Waals surface area (Å²) in [5, 5.41) is 8.41. The van der Waals surface area contributed by atoms with Crippen LogP contribution in [0, 0.1) is 17.6 Å².